The summed E-state index contributed by atoms with van der Waals surface area (Å²) < 4.78 is 46.6. The summed E-state index contributed by atoms with van der Waals surface area (Å²) in [6.07, 6.45) is 20.5. The van der Waals surface area contributed by atoms with Gasteiger partial charge >= 0.3 is 8.03 Å². The maximum Gasteiger partial charge on any atom is 0.536 e. The molecule has 5 N–H and O–H groups in total. The number of hydrogen-bond acceptors (Lipinski definition) is 15. The van der Waals surface area contributed by atoms with Gasteiger partial charge in [0.05, 0.1) is 66.1 Å². The average Bonchev–Trinajstić information content (AvgIpc) is 3.27. The highest BCUT2D eigenvalue weighted by atomic mass is 31.1. The maximum atomic E-state index is 13.2. The fourth-order valence-electron chi connectivity index (χ4n) is 5.37. The summed E-state index contributed by atoms with van der Waals surface area (Å²) in [4.78, 5) is 67.2. The molecule has 0 saturated carbocycles. The molecule has 0 aromatic heterocycles. The summed E-state index contributed by atoms with van der Waals surface area (Å²) in [5.74, 6) is 6.04. The minimum atomic E-state index is -1.78. The fourth-order valence-corrected chi connectivity index (χ4v) is 5.59. The number of ether oxygens (including phenoxy) is 6. The van der Waals surface area contributed by atoms with E-state index in [1.165, 1.54) is 6.66 Å². The van der Waals surface area contributed by atoms with Crippen LogP contribution in [0.15, 0.2) is 0 Å². The van der Waals surface area contributed by atoms with Crippen molar-refractivity contribution in [2.45, 2.75) is 89.0 Å². The monoisotopic (exact) mass is 929 g/mol. The number of amides is 4. The zero-order valence-electron chi connectivity index (χ0n) is 38.2. The third kappa shape index (κ3) is 46.0. The molecule has 20 heteroatoms. The van der Waals surface area contributed by atoms with Crippen molar-refractivity contribution in [3.8, 4) is 37.0 Å². The summed E-state index contributed by atoms with van der Waals surface area (Å²) in [6, 6.07) is 0. The number of nitrogens with one attached hydrogen (secondary N) is 5. The largest absolute Gasteiger partial charge is 0.536 e. The minimum absolute atomic E-state index is 0.0326. The average molecular weight is 929 g/mol. The number of unbranched alkanes of at least 4 members (excludes halogenated alkanes) is 3. The first-order valence-corrected chi connectivity index (χ1v) is 23.4. The molecule has 0 bridgehead atoms. The number of carbonyl (C=O) groups excluding carboxylic acids is 5. The Hall–Kier alpha value is -4.03. The first-order valence-electron chi connectivity index (χ1n) is 21.8. The molecule has 0 saturated heterocycles. The van der Waals surface area contributed by atoms with E-state index in [-0.39, 0.29) is 115 Å². The lowest BCUT2D eigenvalue weighted by molar-refractivity contribution is -0.201. The first kappa shape index (κ1) is 62.1. The summed E-state index contributed by atoms with van der Waals surface area (Å²) in [7, 11) is 0.105. The SMILES string of the molecule is C#CCOCCOCCNC.C#CCOCCOCCNC(=O)CCC(CCC=O)(CCC(=O)NCCOCCOCC#C)NC(=O)CCCC(=O)NCCCCCCOO[P+](C)=O. The topological polar surface area (TPSA) is 236 Å². The highest BCUT2D eigenvalue weighted by Gasteiger charge is 2.32. The van der Waals surface area contributed by atoms with Gasteiger partial charge in [0.25, 0.3) is 0 Å². The Morgan fingerprint density at radius 2 is 1.00 bits per heavy atom. The van der Waals surface area contributed by atoms with Crippen molar-refractivity contribution < 1.29 is 66.5 Å². The van der Waals surface area contributed by atoms with E-state index in [1.807, 2.05) is 7.05 Å². The van der Waals surface area contributed by atoms with Crippen LogP contribution >= 0.6 is 8.03 Å². The normalized spacial score (nSPS) is 10.9. The Morgan fingerprint density at radius 1 is 0.547 bits per heavy atom. The second-order valence-electron chi connectivity index (χ2n) is 13.9. The van der Waals surface area contributed by atoms with Gasteiger partial charge in [0.1, 0.15) is 26.1 Å². The molecule has 19 nitrogen and oxygen atoms in total. The Balaban J connectivity index is 0. The van der Waals surface area contributed by atoms with Crippen molar-refractivity contribution in [1.82, 2.24) is 26.6 Å². The van der Waals surface area contributed by atoms with E-state index >= 15 is 0 Å². The lowest BCUT2D eigenvalue weighted by Gasteiger charge is -2.35. The number of terminal acetylenes is 3. The van der Waals surface area contributed by atoms with E-state index in [4.69, 9.17) is 52.6 Å². The standard InChI is InChI=1S/C36H59N4O12P.C8H15NO2/c1-4-23-47-28-30-49-26-20-38-33(43)14-17-36(16-11-22-41,18-15-34(44)39-21-27-50-31-29-48-24-5-2)40-35(45)13-10-12-32(42)37-19-8-6-7-9-25-51-52-53(3)46;1-3-5-10-7-8-11-6-4-9-2/h1-2,22H,6-21,23-31H2,3H3,(H3-,37,38,39,40,42,43,44,45);1,9H,4-8H2,2H3/p+1. The van der Waals surface area contributed by atoms with Crippen LogP contribution in [0.5, 0.6) is 0 Å². The molecule has 0 aliphatic heterocycles. The van der Waals surface area contributed by atoms with E-state index < -0.39 is 13.6 Å². The van der Waals surface area contributed by atoms with Crippen LogP contribution in [0, 0.1) is 37.0 Å². The second-order valence-corrected chi connectivity index (χ2v) is 14.9. The number of carbonyl (C=O) groups is 5. The Labute approximate surface area is 382 Å². The molecule has 4 amide bonds. The van der Waals surface area contributed by atoms with E-state index in [1.54, 1.807) is 0 Å². The minimum Gasteiger partial charge on any atom is -0.378 e. The Kier molecular flexibility index (Phi) is 47.0. The Morgan fingerprint density at radius 3 is 1.48 bits per heavy atom. The van der Waals surface area contributed by atoms with Crippen LogP contribution in [0.4, 0.5) is 0 Å². The van der Waals surface area contributed by atoms with E-state index in [2.05, 4.69) is 49.0 Å². The highest BCUT2D eigenvalue weighted by molar-refractivity contribution is 7.37. The molecule has 0 aromatic rings. The molecule has 364 valence electrons. The number of hydrogen-bond donors (Lipinski definition) is 5. The van der Waals surface area contributed by atoms with Crippen molar-refractivity contribution in [1.29, 1.82) is 0 Å². The maximum absolute atomic E-state index is 13.2. The van der Waals surface area contributed by atoms with Crippen molar-refractivity contribution >= 4 is 37.9 Å². The molecule has 64 heavy (non-hydrogen) atoms. The van der Waals surface area contributed by atoms with Crippen molar-refractivity contribution in [3.05, 3.63) is 0 Å². The summed E-state index contributed by atoms with van der Waals surface area (Å²) in [6.45, 7) is 8.19. The van der Waals surface area contributed by atoms with Gasteiger partial charge in [-0.1, -0.05) is 30.6 Å². The third-order valence-corrected chi connectivity index (χ3v) is 8.87. The van der Waals surface area contributed by atoms with Crippen molar-refractivity contribution in [2.24, 2.45) is 0 Å². The lowest BCUT2D eigenvalue weighted by atomic mass is 9.83. The van der Waals surface area contributed by atoms with E-state index in [0.717, 1.165) is 45.1 Å². The smallest absolute Gasteiger partial charge is 0.378 e. The first-order chi connectivity index (χ1) is 31.1. The van der Waals surface area contributed by atoms with Crippen LogP contribution in [0.3, 0.4) is 0 Å². The summed E-state index contributed by atoms with van der Waals surface area (Å²) >= 11 is 0. The Bertz CT molecular complexity index is 1310. The summed E-state index contributed by atoms with van der Waals surface area (Å²) in [5, 5.41) is 14.4. The van der Waals surface area contributed by atoms with Crippen LogP contribution in [0.25, 0.3) is 0 Å². The molecule has 0 aromatic carbocycles. The molecule has 0 spiro atoms. The van der Waals surface area contributed by atoms with Crippen LogP contribution in [-0.2, 0) is 66.5 Å². The van der Waals surface area contributed by atoms with Gasteiger partial charge < -0.3 is 59.8 Å². The molecule has 0 fully saturated rings. The van der Waals surface area contributed by atoms with Gasteiger partial charge in [-0.3, -0.25) is 19.2 Å². The second kappa shape index (κ2) is 48.4. The molecule has 1 unspecified atom stereocenters. The molecular weight excluding hydrogens is 853 g/mol. The zero-order valence-corrected chi connectivity index (χ0v) is 39.1. The zero-order chi connectivity index (χ0) is 47.6. The molecular formula is C44H75N5O14P+. The van der Waals surface area contributed by atoms with Gasteiger partial charge in [-0.2, -0.15) is 4.89 Å². The van der Waals surface area contributed by atoms with Crippen LogP contribution in [0.2, 0.25) is 0 Å². The number of aldehydes is 1. The predicted molar refractivity (Wildman–Crippen MR) is 242 cm³/mol. The number of rotatable bonds is 44. The predicted octanol–water partition coefficient (Wildman–Crippen LogP) is 1.99. The molecule has 0 aliphatic carbocycles. The quantitative estimate of drug-likeness (QED) is 0.0147. The van der Waals surface area contributed by atoms with E-state index in [0.29, 0.717) is 65.8 Å². The van der Waals surface area contributed by atoms with Gasteiger partial charge in [-0.15, -0.1) is 19.3 Å². The summed E-state index contributed by atoms with van der Waals surface area (Å²) in [5.41, 5.74) is -1.02. The van der Waals surface area contributed by atoms with Gasteiger partial charge in [-0.05, 0) is 50.1 Å². The van der Waals surface area contributed by atoms with Gasteiger partial charge in [-0.25, -0.2) is 0 Å². The molecule has 0 rings (SSSR count). The third-order valence-electron chi connectivity index (χ3n) is 8.55. The van der Waals surface area contributed by atoms with Crippen molar-refractivity contribution in [3.63, 3.8) is 0 Å². The molecule has 0 radical (unpaired) electrons. The van der Waals surface area contributed by atoms with Gasteiger partial charge in [0.15, 0.2) is 6.66 Å². The highest BCUT2D eigenvalue weighted by Crippen LogP contribution is 2.26. The van der Waals surface area contributed by atoms with Gasteiger partial charge in [0.2, 0.25) is 23.6 Å². The molecule has 1 atom stereocenters. The lowest BCUT2D eigenvalue weighted by Crippen LogP contribution is -2.50. The van der Waals surface area contributed by atoms with Crippen molar-refractivity contribution in [2.75, 3.05) is 126 Å². The van der Waals surface area contributed by atoms with E-state index in [9.17, 15) is 28.5 Å². The van der Waals surface area contributed by atoms with Gasteiger partial charge in [0, 0.05) is 68.5 Å². The molecule has 0 aliphatic rings. The van der Waals surface area contributed by atoms with Crippen LogP contribution in [0.1, 0.15) is 83.5 Å². The number of likely N-dealkylation sites (N-methyl/N-ethyl adjacent to an activating group) is 1. The van der Waals surface area contributed by atoms with Crippen LogP contribution in [-0.4, -0.2) is 161 Å². The molecule has 0 heterocycles. The fraction of sp³-hybridized carbons (Fsp3) is 0.750. The van der Waals surface area contributed by atoms with Crippen LogP contribution < -0.4 is 26.6 Å².